The van der Waals surface area contributed by atoms with Crippen LogP contribution >= 0.6 is 7.82 Å². The van der Waals surface area contributed by atoms with E-state index >= 15 is 0 Å². The maximum absolute atomic E-state index is 12.3. The maximum atomic E-state index is 12.3. The monoisotopic (exact) mass is 502 g/mol. The molecule has 1 amide bonds. The van der Waals surface area contributed by atoms with Crippen molar-refractivity contribution in [1.29, 1.82) is 0 Å². The number of phosphoric acid groups is 1. The summed E-state index contributed by atoms with van der Waals surface area (Å²) >= 11 is 0. The first-order chi connectivity index (χ1) is 16.2. The summed E-state index contributed by atoms with van der Waals surface area (Å²) in [4.78, 5) is 48.2. The Morgan fingerprint density at radius 3 is 2.71 bits per heavy atom. The number of nitrogens with one attached hydrogen (secondary N) is 3. The highest BCUT2D eigenvalue weighted by Gasteiger charge is 2.36. The molecule has 0 aliphatic carbocycles. The fourth-order valence-corrected chi connectivity index (χ4v) is 3.95. The molecule has 2 heterocycles. The van der Waals surface area contributed by atoms with Crippen LogP contribution < -0.4 is 21.9 Å². The minimum absolute atomic E-state index is 0.0938. The predicted molar refractivity (Wildman–Crippen MR) is 126 cm³/mol. The van der Waals surface area contributed by atoms with E-state index in [4.69, 9.17) is 9.26 Å². The maximum Gasteiger partial charge on any atom is 0.472 e. The molecule has 0 aromatic carbocycles. The quantitative estimate of drug-likeness (QED) is 0.166. The molecule has 34 heavy (non-hydrogen) atoms. The van der Waals surface area contributed by atoms with Gasteiger partial charge < -0.3 is 20.3 Å². The number of unbranched alkanes of at least 4 members (excludes halogenated alkanes) is 3. The number of rotatable bonds is 14. The highest BCUT2D eigenvalue weighted by molar-refractivity contribution is 7.47. The van der Waals surface area contributed by atoms with E-state index in [1.165, 1.54) is 22.9 Å². The molecule has 1 fully saturated rings. The van der Waals surface area contributed by atoms with Gasteiger partial charge in [0.2, 0.25) is 5.91 Å². The molecule has 12 nitrogen and oxygen atoms in total. The largest absolute Gasteiger partial charge is 0.472 e. The molecule has 4 N–H and O–H groups in total. The zero-order chi connectivity index (χ0) is 25.1. The lowest BCUT2D eigenvalue weighted by Crippen LogP contribution is -2.33. The van der Waals surface area contributed by atoms with Gasteiger partial charge in [0.25, 0.3) is 5.56 Å². The van der Waals surface area contributed by atoms with Crippen molar-refractivity contribution in [2.75, 3.05) is 33.9 Å². The standard InChI is InChI=1S/C21H35N4O8P/c1-15-12-19(33-17(15)14-32-34(29,30)31-3)25-13-16(20(27)24-21(25)28)8-9-18(26)23-11-7-5-4-6-10-22-2/h8-9,13,15,17,19,22H,4-7,10-12,14H2,1-3H3,(H,23,26)(H,29,30)(H,24,27,28)/b9-8+. The van der Waals surface area contributed by atoms with Crippen LogP contribution in [-0.4, -0.2) is 60.3 Å². The van der Waals surface area contributed by atoms with E-state index in [-0.39, 0.29) is 24.0 Å². The topological polar surface area (TPSA) is 161 Å². The van der Waals surface area contributed by atoms with Gasteiger partial charge >= 0.3 is 13.5 Å². The van der Waals surface area contributed by atoms with Crippen molar-refractivity contribution in [2.45, 2.75) is 51.4 Å². The van der Waals surface area contributed by atoms with Gasteiger partial charge in [-0.2, -0.15) is 0 Å². The Balaban J connectivity index is 1.95. The lowest BCUT2D eigenvalue weighted by atomic mass is 10.0. The third kappa shape index (κ3) is 8.94. The van der Waals surface area contributed by atoms with Crippen LogP contribution in [0.2, 0.25) is 0 Å². The zero-order valence-corrected chi connectivity index (χ0v) is 20.7. The SMILES string of the molecule is CNCCCCCCNC(=O)/C=C/c1cn(C2CC(C)C(COP(=O)(O)OC)O2)c(=O)[nH]c1=O. The molecule has 1 aromatic heterocycles. The van der Waals surface area contributed by atoms with E-state index < -0.39 is 31.4 Å². The number of carbonyl (C=O) groups is 1. The van der Waals surface area contributed by atoms with Crippen molar-refractivity contribution in [3.63, 3.8) is 0 Å². The molecule has 1 aliphatic heterocycles. The van der Waals surface area contributed by atoms with Crippen LogP contribution in [0, 0.1) is 5.92 Å². The fraction of sp³-hybridized carbons (Fsp3) is 0.667. The molecule has 4 unspecified atom stereocenters. The summed E-state index contributed by atoms with van der Waals surface area (Å²) in [6.45, 7) is 3.18. The summed E-state index contributed by atoms with van der Waals surface area (Å²) in [5.41, 5.74) is -1.16. The number of aromatic nitrogens is 2. The number of H-pyrrole nitrogens is 1. The van der Waals surface area contributed by atoms with Crippen molar-refractivity contribution in [2.24, 2.45) is 5.92 Å². The second kappa shape index (κ2) is 13.7. The number of aromatic amines is 1. The van der Waals surface area contributed by atoms with Crippen LogP contribution in [0.1, 0.15) is 50.8 Å². The number of ether oxygens (including phenoxy) is 1. The molecule has 1 aromatic rings. The molecule has 13 heteroatoms. The fourth-order valence-electron chi connectivity index (χ4n) is 3.51. The first-order valence-corrected chi connectivity index (χ1v) is 12.8. The van der Waals surface area contributed by atoms with E-state index in [2.05, 4.69) is 20.1 Å². The summed E-state index contributed by atoms with van der Waals surface area (Å²) in [5.74, 6) is -0.425. The van der Waals surface area contributed by atoms with Crippen molar-refractivity contribution in [1.82, 2.24) is 20.2 Å². The predicted octanol–water partition coefficient (Wildman–Crippen LogP) is 1.13. The molecular formula is C21H35N4O8P. The molecular weight excluding hydrogens is 467 g/mol. The Morgan fingerprint density at radius 1 is 1.32 bits per heavy atom. The lowest BCUT2D eigenvalue weighted by molar-refractivity contribution is -0.116. The molecule has 0 bridgehead atoms. The van der Waals surface area contributed by atoms with Gasteiger partial charge in [0.05, 0.1) is 18.3 Å². The number of hydrogen-bond acceptors (Lipinski definition) is 8. The Labute approximate surface area is 198 Å². The number of phosphoric ester groups is 1. The van der Waals surface area contributed by atoms with Crippen LogP contribution in [0.25, 0.3) is 6.08 Å². The highest BCUT2D eigenvalue weighted by Crippen LogP contribution is 2.43. The summed E-state index contributed by atoms with van der Waals surface area (Å²) in [6, 6.07) is 0. The Hall–Kier alpha value is -2.08. The summed E-state index contributed by atoms with van der Waals surface area (Å²) in [6.07, 6.45) is 7.14. The Bertz CT molecular complexity index is 992. The number of nitrogens with zero attached hydrogens (tertiary/aromatic N) is 1. The zero-order valence-electron chi connectivity index (χ0n) is 19.8. The second-order valence-electron chi connectivity index (χ2n) is 8.18. The molecule has 0 radical (unpaired) electrons. The smallest absolute Gasteiger partial charge is 0.353 e. The van der Waals surface area contributed by atoms with Crippen molar-refractivity contribution < 1.29 is 28.0 Å². The molecule has 0 saturated carbocycles. The van der Waals surface area contributed by atoms with Gasteiger partial charge in [-0.3, -0.25) is 28.2 Å². The van der Waals surface area contributed by atoms with Crippen molar-refractivity contribution in [3.05, 3.63) is 38.7 Å². The van der Waals surface area contributed by atoms with Crippen LogP contribution in [0.3, 0.4) is 0 Å². The van der Waals surface area contributed by atoms with Crippen LogP contribution in [0.15, 0.2) is 21.9 Å². The van der Waals surface area contributed by atoms with E-state index in [9.17, 15) is 23.8 Å². The number of amides is 1. The molecule has 192 valence electrons. The van der Waals surface area contributed by atoms with Gasteiger partial charge in [0.1, 0.15) is 6.23 Å². The van der Waals surface area contributed by atoms with E-state index in [0.29, 0.717) is 13.0 Å². The van der Waals surface area contributed by atoms with Crippen molar-refractivity contribution >= 4 is 19.8 Å². The van der Waals surface area contributed by atoms with E-state index in [1.807, 2.05) is 14.0 Å². The first kappa shape index (κ1) is 28.2. The normalized spacial score (nSPS) is 22.2. The molecule has 2 rings (SSSR count). The van der Waals surface area contributed by atoms with Crippen molar-refractivity contribution in [3.8, 4) is 0 Å². The Kier molecular flexibility index (Phi) is 11.4. The summed E-state index contributed by atoms with van der Waals surface area (Å²) < 4.78 is 27.8. The van der Waals surface area contributed by atoms with E-state index in [1.54, 1.807) is 0 Å². The third-order valence-corrected chi connectivity index (χ3v) is 6.48. The molecule has 1 saturated heterocycles. The number of carbonyl (C=O) groups excluding carboxylic acids is 1. The minimum atomic E-state index is -4.15. The van der Waals surface area contributed by atoms with Gasteiger partial charge in [-0.15, -0.1) is 0 Å². The average molecular weight is 503 g/mol. The highest BCUT2D eigenvalue weighted by atomic mass is 31.2. The van der Waals surface area contributed by atoms with E-state index in [0.717, 1.165) is 39.3 Å². The molecule has 0 spiro atoms. The van der Waals surface area contributed by atoms with Crippen LogP contribution in [-0.2, 0) is 23.1 Å². The van der Waals surface area contributed by atoms with Gasteiger partial charge in [0, 0.05) is 25.9 Å². The molecule has 4 atom stereocenters. The summed E-state index contributed by atoms with van der Waals surface area (Å²) in [5, 5.41) is 5.86. The van der Waals surface area contributed by atoms with Gasteiger partial charge in [0.15, 0.2) is 0 Å². The minimum Gasteiger partial charge on any atom is -0.353 e. The van der Waals surface area contributed by atoms with Gasteiger partial charge in [-0.25, -0.2) is 9.36 Å². The second-order valence-corrected chi connectivity index (χ2v) is 9.74. The third-order valence-electron chi connectivity index (χ3n) is 5.55. The van der Waals surface area contributed by atoms with Gasteiger partial charge in [-0.1, -0.05) is 19.8 Å². The lowest BCUT2D eigenvalue weighted by Gasteiger charge is -2.18. The Morgan fingerprint density at radius 2 is 2.03 bits per heavy atom. The van der Waals surface area contributed by atoms with Gasteiger partial charge in [-0.05, 0) is 44.8 Å². The van der Waals surface area contributed by atoms with Crippen LogP contribution in [0.5, 0.6) is 0 Å². The summed E-state index contributed by atoms with van der Waals surface area (Å²) in [7, 11) is -1.17. The first-order valence-electron chi connectivity index (χ1n) is 11.3. The van der Waals surface area contributed by atoms with Crippen LogP contribution in [0.4, 0.5) is 0 Å². The average Bonchev–Trinajstić information content (AvgIpc) is 3.16. The molecule has 1 aliphatic rings. The number of hydrogen-bond donors (Lipinski definition) is 4.